The monoisotopic (exact) mass is 487 g/mol. The van der Waals surface area contributed by atoms with Gasteiger partial charge in [-0.2, -0.15) is 0 Å². The Bertz CT molecular complexity index is 408. The summed E-state index contributed by atoms with van der Waals surface area (Å²) in [6.45, 7) is 6.44. The number of hydrogen-bond acceptors (Lipinski definition) is 5. The Balaban J connectivity index is -0.000000456. The molecule has 0 aromatic carbocycles. The maximum Gasteiger partial charge on any atom is 0.303 e. The van der Waals surface area contributed by atoms with Gasteiger partial charge in [0.15, 0.2) is 0 Å². The van der Waals surface area contributed by atoms with Crippen molar-refractivity contribution < 1.29 is 19.8 Å². The molecule has 7 nitrogen and oxygen atoms in total. The average molecular weight is 488 g/mol. The predicted octanol–water partition coefficient (Wildman–Crippen LogP) is 7.76. The van der Waals surface area contributed by atoms with Crippen LogP contribution in [0.4, 0.5) is 0 Å². The molecule has 1 heterocycles. The maximum absolute atomic E-state index is 10.2. The molecule has 0 fully saturated rings. The molecule has 34 heavy (non-hydrogen) atoms. The SMILES string of the molecule is C1=NCCN1.CCCCCCCCCCCC(=O)O.CCCCCCCCCCCC(=O)O.N. The van der Waals surface area contributed by atoms with Gasteiger partial charge in [0.1, 0.15) is 0 Å². The van der Waals surface area contributed by atoms with Gasteiger partial charge in [-0.1, -0.05) is 117 Å². The van der Waals surface area contributed by atoms with E-state index in [1.165, 1.54) is 89.9 Å². The fourth-order valence-corrected chi connectivity index (χ4v) is 3.50. The second kappa shape index (κ2) is 33.5. The molecule has 0 saturated heterocycles. The molecular formula is C27H57N3O4. The molecule has 1 aliphatic rings. The zero-order valence-corrected chi connectivity index (χ0v) is 22.5. The first-order chi connectivity index (χ1) is 16.0. The fourth-order valence-electron chi connectivity index (χ4n) is 3.50. The Labute approximate surface area is 210 Å². The van der Waals surface area contributed by atoms with Crippen molar-refractivity contribution in [3.8, 4) is 0 Å². The Morgan fingerprint density at radius 2 is 0.971 bits per heavy atom. The number of unbranched alkanes of at least 4 members (excludes halogenated alkanes) is 16. The second-order valence-corrected chi connectivity index (χ2v) is 8.93. The van der Waals surface area contributed by atoms with Gasteiger partial charge in [-0.25, -0.2) is 0 Å². The fraction of sp³-hybridized carbons (Fsp3) is 0.889. The Hall–Kier alpha value is -1.63. The van der Waals surface area contributed by atoms with E-state index in [1.807, 2.05) is 0 Å². The molecule has 0 amide bonds. The molecule has 0 atom stereocenters. The molecule has 0 aromatic rings. The van der Waals surface area contributed by atoms with Crippen molar-refractivity contribution in [3.05, 3.63) is 0 Å². The molecule has 0 bridgehead atoms. The highest BCUT2D eigenvalue weighted by molar-refractivity contribution is 5.66. The highest BCUT2D eigenvalue weighted by Gasteiger charge is 1.97. The van der Waals surface area contributed by atoms with Crippen molar-refractivity contribution in [3.63, 3.8) is 0 Å². The minimum absolute atomic E-state index is 0. The molecule has 0 spiro atoms. The lowest BCUT2D eigenvalue weighted by molar-refractivity contribution is -0.138. The van der Waals surface area contributed by atoms with Gasteiger partial charge in [0.05, 0.1) is 12.9 Å². The third-order valence-electron chi connectivity index (χ3n) is 5.56. The Morgan fingerprint density at radius 3 is 1.18 bits per heavy atom. The minimum atomic E-state index is -0.659. The van der Waals surface area contributed by atoms with Crippen molar-refractivity contribution in [2.75, 3.05) is 13.1 Å². The molecular weight excluding hydrogens is 430 g/mol. The molecule has 0 saturated carbocycles. The van der Waals surface area contributed by atoms with Gasteiger partial charge in [-0.3, -0.25) is 14.6 Å². The summed E-state index contributed by atoms with van der Waals surface area (Å²) in [5, 5.41) is 19.8. The van der Waals surface area contributed by atoms with Crippen LogP contribution in [0.3, 0.4) is 0 Å². The van der Waals surface area contributed by atoms with Crippen LogP contribution in [0, 0.1) is 0 Å². The first-order valence-corrected chi connectivity index (χ1v) is 13.7. The third kappa shape index (κ3) is 40.7. The van der Waals surface area contributed by atoms with Gasteiger partial charge in [0.25, 0.3) is 0 Å². The van der Waals surface area contributed by atoms with E-state index in [-0.39, 0.29) is 6.15 Å². The summed E-state index contributed by atoms with van der Waals surface area (Å²) in [6, 6.07) is 0. The van der Waals surface area contributed by atoms with E-state index in [4.69, 9.17) is 10.2 Å². The van der Waals surface area contributed by atoms with E-state index >= 15 is 0 Å². The highest BCUT2D eigenvalue weighted by atomic mass is 16.4. The van der Waals surface area contributed by atoms with Crippen molar-refractivity contribution in [2.24, 2.45) is 4.99 Å². The number of carbonyl (C=O) groups is 2. The molecule has 0 aliphatic carbocycles. The zero-order chi connectivity index (χ0) is 24.8. The molecule has 0 radical (unpaired) electrons. The third-order valence-corrected chi connectivity index (χ3v) is 5.56. The number of hydrogen-bond donors (Lipinski definition) is 4. The highest BCUT2D eigenvalue weighted by Crippen LogP contribution is 2.11. The number of nitrogens with zero attached hydrogens (tertiary/aromatic N) is 1. The van der Waals surface area contributed by atoms with E-state index in [0.29, 0.717) is 12.8 Å². The van der Waals surface area contributed by atoms with Crippen LogP contribution < -0.4 is 11.5 Å². The Morgan fingerprint density at radius 1 is 0.647 bits per heavy atom. The van der Waals surface area contributed by atoms with Gasteiger partial charge in [0.2, 0.25) is 0 Å². The van der Waals surface area contributed by atoms with Gasteiger partial charge >= 0.3 is 11.9 Å². The molecule has 7 heteroatoms. The summed E-state index contributed by atoms with van der Waals surface area (Å²) in [5.41, 5.74) is 0. The first kappa shape index (κ1) is 36.9. The minimum Gasteiger partial charge on any atom is -0.481 e. The summed E-state index contributed by atoms with van der Waals surface area (Å²) in [5.74, 6) is -1.32. The van der Waals surface area contributed by atoms with E-state index in [9.17, 15) is 9.59 Å². The van der Waals surface area contributed by atoms with Crippen LogP contribution in [0.5, 0.6) is 0 Å². The van der Waals surface area contributed by atoms with Crippen molar-refractivity contribution >= 4 is 18.3 Å². The van der Waals surface area contributed by atoms with Crippen LogP contribution in [0.15, 0.2) is 4.99 Å². The van der Waals surface area contributed by atoms with Crippen LogP contribution in [-0.4, -0.2) is 41.6 Å². The lowest BCUT2D eigenvalue weighted by atomic mass is 10.1. The summed E-state index contributed by atoms with van der Waals surface area (Å²) < 4.78 is 0. The summed E-state index contributed by atoms with van der Waals surface area (Å²) >= 11 is 0. The van der Waals surface area contributed by atoms with E-state index in [1.54, 1.807) is 6.34 Å². The largest absolute Gasteiger partial charge is 0.481 e. The molecule has 204 valence electrons. The van der Waals surface area contributed by atoms with Gasteiger partial charge < -0.3 is 21.7 Å². The van der Waals surface area contributed by atoms with Crippen LogP contribution in [0.1, 0.15) is 142 Å². The standard InChI is InChI=1S/2C12H24O2.C3H6N2.H3N/c2*1-2-3-4-5-6-7-8-9-10-11-12(13)14;1-2-5-3-4-1;/h2*2-11H2,1H3,(H,13,14);3H,1-2H2,(H,4,5);1H3. The van der Waals surface area contributed by atoms with E-state index in [0.717, 1.165) is 38.8 Å². The van der Waals surface area contributed by atoms with Crippen LogP contribution in [-0.2, 0) is 9.59 Å². The topological polar surface area (TPSA) is 134 Å². The van der Waals surface area contributed by atoms with Gasteiger partial charge in [0, 0.05) is 19.4 Å². The molecule has 1 aliphatic heterocycles. The number of carboxylic acids is 2. The zero-order valence-electron chi connectivity index (χ0n) is 22.5. The van der Waals surface area contributed by atoms with E-state index in [2.05, 4.69) is 24.2 Å². The number of carboxylic acid groups (broad SMARTS) is 2. The smallest absolute Gasteiger partial charge is 0.303 e. The first-order valence-electron chi connectivity index (χ1n) is 13.7. The van der Waals surface area contributed by atoms with Crippen LogP contribution in [0.25, 0.3) is 0 Å². The Kier molecular flexibility index (Phi) is 36.4. The van der Waals surface area contributed by atoms with Crippen molar-refractivity contribution in [1.82, 2.24) is 11.5 Å². The predicted molar refractivity (Wildman–Crippen MR) is 145 cm³/mol. The molecule has 6 N–H and O–H groups in total. The van der Waals surface area contributed by atoms with E-state index < -0.39 is 11.9 Å². The number of nitrogens with one attached hydrogen (secondary N) is 1. The van der Waals surface area contributed by atoms with Crippen LogP contribution >= 0.6 is 0 Å². The lowest BCUT2D eigenvalue weighted by Gasteiger charge is -2.00. The molecule has 0 aromatic heterocycles. The summed E-state index contributed by atoms with van der Waals surface area (Å²) in [4.78, 5) is 24.3. The van der Waals surface area contributed by atoms with Crippen molar-refractivity contribution in [2.45, 2.75) is 142 Å². The quantitative estimate of drug-likeness (QED) is 0.130. The molecule has 0 unspecified atom stereocenters. The average Bonchev–Trinajstić information content (AvgIpc) is 3.37. The number of aliphatic carboxylic acids is 2. The molecule has 1 rings (SSSR count). The number of rotatable bonds is 20. The van der Waals surface area contributed by atoms with Gasteiger partial charge in [-0.15, -0.1) is 0 Å². The van der Waals surface area contributed by atoms with Crippen molar-refractivity contribution in [1.29, 1.82) is 0 Å². The number of aliphatic imine (C=N–C) groups is 1. The summed E-state index contributed by atoms with van der Waals surface area (Å²) in [6.07, 6.45) is 24.7. The van der Waals surface area contributed by atoms with Gasteiger partial charge in [-0.05, 0) is 12.8 Å². The summed E-state index contributed by atoms with van der Waals surface area (Å²) in [7, 11) is 0. The van der Waals surface area contributed by atoms with Crippen LogP contribution in [0.2, 0.25) is 0 Å². The lowest BCUT2D eigenvalue weighted by Crippen LogP contribution is -2.04. The maximum atomic E-state index is 10.2. The second-order valence-electron chi connectivity index (χ2n) is 8.93. The normalized spacial score (nSPS) is 11.4.